The smallest absolute Gasteiger partial charge is 0.289 e. The molecule has 0 atom stereocenters. The molecule has 0 spiro atoms. The number of amides is 1. The second kappa shape index (κ2) is 9.76. The first-order chi connectivity index (χ1) is 13.5. The lowest BCUT2D eigenvalue weighted by Crippen LogP contribution is -2.49. The third-order valence-electron chi connectivity index (χ3n) is 4.35. The van der Waals surface area contributed by atoms with Crippen molar-refractivity contribution in [2.45, 2.75) is 38.1 Å². The summed E-state index contributed by atoms with van der Waals surface area (Å²) in [5.41, 5.74) is 9.34. The minimum atomic E-state index is -0.410. The van der Waals surface area contributed by atoms with Gasteiger partial charge < -0.3 is 16.4 Å². The summed E-state index contributed by atoms with van der Waals surface area (Å²) in [5, 5.41) is 10.5. The van der Waals surface area contributed by atoms with E-state index in [1.807, 2.05) is 18.2 Å². The number of nitrogens with zero attached hydrogens (tertiary/aromatic N) is 2. The fourth-order valence-corrected chi connectivity index (χ4v) is 4.16. The van der Waals surface area contributed by atoms with E-state index in [4.69, 9.17) is 30.2 Å². The molecular formula is C18H22N6OS3. The van der Waals surface area contributed by atoms with Gasteiger partial charge in [0.25, 0.3) is 5.91 Å². The zero-order valence-electron chi connectivity index (χ0n) is 15.2. The first-order valence-electron chi connectivity index (χ1n) is 9.01. The molecule has 0 saturated heterocycles. The number of carbonyl (C=O) groups excluding carboxylic acids is 1. The normalized spacial score (nSPS) is 14.1. The molecular weight excluding hydrogens is 412 g/mol. The van der Waals surface area contributed by atoms with Gasteiger partial charge in [-0.25, -0.2) is 9.99 Å². The van der Waals surface area contributed by atoms with Crippen LogP contribution in [-0.4, -0.2) is 27.2 Å². The Balaban J connectivity index is 1.58. The molecule has 2 aromatic rings. The van der Waals surface area contributed by atoms with Crippen LogP contribution in [0.25, 0.3) is 0 Å². The molecule has 0 aliphatic heterocycles. The van der Waals surface area contributed by atoms with Crippen molar-refractivity contribution in [1.29, 1.82) is 0 Å². The molecule has 0 radical (unpaired) electrons. The Morgan fingerprint density at radius 2 is 1.89 bits per heavy atom. The SMILES string of the molecule is NC(=S)N(NC(=O)c1csc(NC(=S)NC2CCCCC2)n1)c1ccccc1. The molecule has 1 saturated carbocycles. The molecule has 148 valence electrons. The molecule has 5 N–H and O–H groups in total. The van der Waals surface area contributed by atoms with Gasteiger partial charge in [0.15, 0.2) is 15.4 Å². The highest BCUT2D eigenvalue weighted by Crippen LogP contribution is 2.19. The third-order valence-corrected chi connectivity index (χ3v) is 5.51. The molecule has 10 heteroatoms. The maximum Gasteiger partial charge on any atom is 0.289 e. The van der Waals surface area contributed by atoms with Crippen molar-refractivity contribution in [2.75, 3.05) is 10.3 Å². The maximum absolute atomic E-state index is 12.5. The summed E-state index contributed by atoms with van der Waals surface area (Å²) < 4.78 is 0. The Hall–Kier alpha value is -2.30. The van der Waals surface area contributed by atoms with Crippen LogP contribution in [0.5, 0.6) is 0 Å². The lowest BCUT2D eigenvalue weighted by molar-refractivity contribution is 0.0951. The van der Waals surface area contributed by atoms with Crippen molar-refractivity contribution in [3.63, 3.8) is 0 Å². The van der Waals surface area contributed by atoms with Crippen molar-refractivity contribution in [3.05, 3.63) is 41.4 Å². The van der Waals surface area contributed by atoms with Gasteiger partial charge >= 0.3 is 0 Å². The van der Waals surface area contributed by atoms with Gasteiger partial charge in [-0.2, -0.15) is 0 Å². The maximum atomic E-state index is 12.5. The van der Waals surface area contributed by atoms with E-state index in [1.54, 1.807) is 17.5 Å². The number of para-hydroxylation sites is 1. The number of hydrogen-bond donors (Lipinski definition) is 4. The van der Waals surface area contributed by atoms with Crippen molar-refractivity contribution < 1.29 is 4.79 Å². The van der Waals surface area contributed by atoms with Gasteiger partial charge in [-0.3, -0.25) is 10.2 Å². The van der Waals surface area contributed by atoms with E-state index in [0.717, 1.165) is 12.8 Å². The van der Waals surface area contributed by atoms with E-state index in [0.29, 0.717) is 22.0 Å². The summed E-state index contributed by atoms with van der Waals surface area (Å²) in [6.45, 7) is 0. The molecule has 0 bridgehead atoms. The number of anilines is 2. The van der Waals surface area contributed by atoms with Crippen molar-refractivity contribution in [3.8, 4) is 0 Å². The van der Waals surface area contributed by atoms with E-state index in [9.17, 15) is 4.79 Å². The predicted octanol–water partition coefficient (Wildman–Crippen LogP) is 3.16. The van der Waals surface area contributed by atoms with E-state index in [1.165, 1.54) is 35.6 Å². The highest BCUT2D eigenvalue weighted by Gasteiger charge is 2.18. The number of nitrogens with two attached hydrogens (primary N) is 1. The lowest BCUT2D eigenvalue weighted by atomic mass is 9.96. The summed E-state index contributed by atoms with van der Waals surface area (Å²) in [7, 11) is 0. The zero-order chi connectivity index (χ0) is 19.9. The van der Waals surface area contributed by atoms with Crippen LogP contribution in [-0.2, 0) is 0 Å². The van der Waals surface area contributed by atoms with Gasteiger partial charge in [0.05, 0.1) is 5.69 Å². The number of thiocarbonyl (C=S) groups is 2. The molecule has 0 unspecified atom stereocenters. The Morgan fingerprint density at radius 1 is 1.18 bits per heavy atom. The fraction of sp³-hybridized carbons (Fsp3) is 0.333. The van der Waals surface area contributed by atoms with Gasteiger partial charge in [0.2, 0.25) is 0 Å². The quantitative estimate of drug-likeness (QED) is 0.431. The molecule has 28 heavy (non-hydrogen) atoms. The van der Waals surface area contributed by atoms with Gasteiger partial charge in [-0.1, -0.05) is 37.5 Å². The van der Waals surface area contributed by atoms with Crippen LogP contribution in [0.1, 0.15) is 42.6 Å². The van der Waals surface area contributed by atoms with E-state index in [-0.39, 0.29) is 10.8 Å². The summed E-state index contributed by atoms with van der Waals surface area (Å²) in [4.78, 5) is 16.9. The molecule has 1 heterocycles. The summed E-state index contributed by atoms with van der Waals surface area (Å²) >= 11 is 11.7. The van der Waals surface area contributed by atoms with Crippen molar-refractivity contribution in [1.82, 2.24) is 15.7 Å². The van der Waals surface area contributed by atoms with Gasteiger partial charge in [-0.15, -0.1) is 11.3 Å². The van der Waals surface area contributed by atoms with Crippen LogP contribution in [0, 0.1) is 0 Å². The van der Waals surface area contributed by atoms with Crippen molar-refractivity contribution >= 4 is 62.7 Å². The Bertz CT molecular complexity index is 835. The number of thiazole rings is 1. The van der Waals surface area contributed by atoms with Crippen LogP contribution in [0.15, 0.2) is 35.7 Å². The monoisotopic (exact) mass is 434 g/mol. The third kappa shape index (κ3) is 5.60. The van der Waals surface area contributed by atoms with Gasteiger partial charge in [0.1, 0.15) is 5.69 Å². The van der Waals surface area contributed by atoms with E-state index < -0.39 is 5.91 Å². The second-order valence-corrected chi connectivity index (χ2v) is 8.11. The summed E-state index contributed by atoms with van der Waals surface area (Å²) in [6.07, 6.45) is 5.99. The second-order valence-electron chi connectivity index (χ2n) is 6.42. The number of nitrogens with one attached hydrogen (secondary N) is 3. The average molecular weight is 435 g/mol. The van der Waals surface area contributed by atoms with Gasteiger partial charge in [-0.05, 0) is 49.4 Å². The van der Waals surface area contributed by atoms with Crippen LogP contribution in [0.4, 0.5) is 10.8 Å². The highest BCUT2D eigenvalue weighted by molar-refractivity contribution is 7.80. The molecule has 1 aliphatic rings. The summed E-state index contributed by atoms with van der Waals surface area (Å²) in [6, 6.07) is 9.52. The summed E-state index contributed by atoms with van der Waals surface area (Å²) in [5.74, 6) is -0.410. The van der Waals surface area contributed by atoms with Gasteiger partial charge in [0, 0.05) is 11.4 Å². The van der Waals surface area contributed by atoms with Crippen LogP contribution >= 0.6 is 35.8 Å². The minimum absolute atomic E-state index is 0.0333. The highest BCUT2D eigenvalue weighted by atomic mass is 32.1. The average Bonchev–Trinajstić information content (AvgIpc) is 3.15. The standard InChI is InChI=1S/C18H22N6OS3/c19-16(26)24(13-9-5-2-6-10-13)23-15(25)14-11-28-18(21-14)22-17(27)20-12-7-3-1-4-8-12/h2,5-6,9-12H,1,3-4,7-8H2,(H2,19,26)(H,23,25)(H2,20,21,22,27). The van der Waals surface area contributed by atoms with E-state index in [2.05, 4.69) is 21.0 Å². The first kappa shape index (κ1) is 20.4. The van der Waals surface area contributed by atoms with Crippen LogP contribution in [0.2, 0.25) is 0 Å². The lowest BCUT2D eigenvalue weighted by Gasteiger charge is -2.24. The Kier molecular flexibility index (Phi) is 7.12. The molecule has 1 fully saturated rings. The van der Waals surface area contributed by atoms with Crippen LogP contribution < -0.4 is 26.8 Å². The molecule has 1 aromatic heterocycles. The Labute approximate surface area is 178 Å². The zero-order valence-corrected chi connectivity index (χ0v) is 17.6. The number of carbonyl (C=O) groups is 1. The molecule has 1 amide bonds. The van der Waals surface area contributed by atoms with Crippen LogP contribution in [0.3, 0.4) is 0 Å². The predicted molar refractivity (Wildman–Crippen MR) is 122 cm³/mol. The number of rotatable bonds is 4. The minimum Gasteiger partial charge on any atom is -0.374 e. The molecule has 1 aromatic carbocycles. The number of hydrazine groups is 1. The fourth-order valence-electron chi connectivity index (χ4n) is 2.98. The Morgan fingerprint density at radius 3 is 2.57 bits per heavy atom. The molecule has 1 aliphatic carbocycles. The molecule has 3 rings (SSSR count). The first-order valence-corrected chi connectivity index (χ1v) is 10.7. The number of benzene rings is 1. The molecule has 7 nitrogen and oxygen atoms in total. The topological polar surface area (TPSA) is 95.3 Å². The van der Waals surface area contributed by atoms with E-state index >= 15 is 0 Å². The number of hydrogen-bond acceptors (Lipinski definition) is 5. The number of aromatic nitrogens is 1. The largest absolute Gasteiger partial charge is 0.374 e. The van der Waals surface area contributed by atoms with Crippen molar-refractivity contribution in [2.24, 2.45) is 5.73 Å².